The van der Waals surface area contributed by atoms with Gasteiger partial charge in [-0.2, -0.15) is 5.26 Å². The first-order chi connectivity index (χ1) is 8.10. The minimum Gasteiger partial charge on any atom is -0.464 e. The second-order valence-corrected chi connectivity index (χ2v) is 3.91. The van der Waals surface area contributed by atoms with Gasteiger partial charge in [0.15, 0.2) is 6.04 Å². The average Bonchev–Trinajstić information content (AvgIpc) is 2.75. The maximum absolute atomic E-state index is 11.6. The molecule has 1 heterocycles. The van der Waals surface area contributed by atoms with Gasteiger partial charge in [0.2, 0.25) is 0 Å². The molecule has 6 nitrogen and oxygen atoms in total. The first kappa shape index (κ1) is 13.2. The Bertz CT molecular complexity index is 464. The molecule has 0 aliphatic heterocycles. The summed E-state index contributed by atoms with van der Waals surface area (Å²) in [5.74, 6) is -1.48. The molecular weight excluding hydrogens is 242 g/mol. The van der Waals surface area contributed by atoms with E-state index in [1.54, 1.807) is 18.4 Å². The van der Waals surface area contributed by atoms with Gasteiger partial charge in [-0.25, -0.2) is 4.79 Å². The van der Waals surface area contributed by atoms with E-state index in [1.807, 2.05) is 6.07 Å². The Morgan fingerprint density at radius 1 is 1.71 bits per heavy atom. The molecule has 90 valence electrons. The Morgan fingerprint density at radius 3 is 3.00 bits per heavy atom. The SMILES string of the molecule is CCOC(=O)C(N)C(=O)Nc1sccc1C#N. The summed E-state index contributed by atoms with van der Waals surface area (Å²) in [6, 6.07) is 2.09. The molecule has 3 N–H and O–H groups in total. The number of carbonyl (C=O) groups is 2. The van der Waals surface area contributed by atoms with Crippen molar-refractivity contribution in [3.63, 3.8) is 0 Å². The Morgan fingerprint density at radius 2 is 2.41 bits per heavy atom. The number of amides is 1. The number of anilines is 1. The minimum atomic E-state index is -1.39. The Labute approximate surface area is 102 Å². The molecule has 0 saturated heterocycles. The Hall–Kier alpha value is -1.91. The fourth-order valence-corrected chi connectivity index (χ4v) is 1.76. The molecule has 0 radical (unpaired) electrons. The number of carbonyl (C=O) groups excluding carboxylic acids is 2. The van der Waals surface area contributed by atoms with E-state index in [0.29, 0.717) is 10.6 Å². The van der Waals surface area contributed by atoms with Gasteiger partial charge in [-0.1, -0.05) is 0 Å². The fourth-order valence-electron chi connectivity index (χ4n) is 1.02. The zero-order valence-electron chi connectivity index (χ0n) is 9.10. The van der Waals surface area contributed by atoms with Crippen molar-refractivity contribution >= 4 is 28.2 Å². The van der Waals surface area contributed by atoms with Crippen LogP contribution in [0, 0.1) is 11.3 Å². The van der Waals surface area contributed by atoms with Crippen molar-refractivity contribution in [3.05, 3.63) is 17.0 Å². The molecule has 1 aromatic rings. The highest BCUT2D eigenvalue weighted by Crippen LogP contribution is 2.22. The molecule has 0 spiro atoms. The topological polar surface area (TPSA) is 105 Å². The number of rotatable bonds is 4. The van der Waals surface area contributed by atoms with Crippen LogP contribution in [-0.4, -0.2) is 24.5 Å². The summed E-state index contributed by atoms with van der Waals surface area (Å²) in [6.45, 7) is 1.78. The summed E-state index contributed by atoms with van der Waals surface area (Å²) in [6.07, 6.45) is 0. The predicted molar refractivity (Wildman–Crippen MR) is 62.3 cm³/mol. The van der Waals surface area contributed by atoms with Crippen LogP contribution >= 0.6 is 11.3 Å². The molecule has 1 atom stereocenters. The molecular formula is C10H11N3O3S. The van der Waals surface area contributed by atoms with Crippen molar-refractivity contribution in [1.82, 2.24) is 0 Å². The van der Waals surface area contributed by atoms with E-state index in [1.165, 1.54) is 11.3 Å². The second kappa shape index (κ2) is 5.98. The van der Waals surface area contributed by atoms with Crippen LogP contribution in [-0.2, 0) is 14.3 Å². The molecule has 7 heteroatoms. The molecule has 1 rings (SSSR count). The van der Waals surface area contributed by atoms with Crippen LogP contribution in [0.25, 0.3) is 0 Å². The maximum Gasteiger partial charge on any atom is 0.332 e. The van der Waals surface area contributed by atoms with Crippen LogP contribution in [0.4, 0.5) is 5.00 Å². The molecule has 1 unspecified atom stereocenters. The van der Waals surface area contributed by atoms with Crippen LogP contribution in [0.3, 0.4) is 0 Å². The van der Waals surface area contributed by atoms with Gasteiger partial charge in [0.25, 0.3) is 5.91 Å². The average molecular weight is 253 g/mol. The first-order valence-corrected chi connectivity index (χ1v) is 5.68. The molecule has 0 aliphatic carbocycles. The zero-order valence-corrected chi connectivity index (χ0v) is 9.91. The molecule has 0 saturated carbocycles. The van der Waals surface area contributed by atoms with Gasteiger partial charge in [-0.05, 0) is 18.4 Å². The standard InChI is InChI=1S/C10H11N3O3S/c1-2-16-10(15)7(12)8(14)13-9-6(5-11)3-4-17-9/h3-4,7H,2,12H2,1H3,(H,13,14). The van der Waals surface area contributed by atoms with E-state index in [-0.39, 0.29) is 6.61 Å². The second-order valence-electron chi connectivity index (χ2n) is 2.99. The smallest absolute Gasteiger partial charge is 0.332 e. The third-order valence-corrected chi connectivity index (χ3v) is 2.68. The van der Waals surface area contributed by atoms with Crippen LogP contribution in [0.5, 0.6) is 0 Å². The molecule has 17 heavy (non-hydrogen) atoms. The van der Waals surface area contributed by atoms with Crippen LogP contribution in [0.1, 0.15) is 12.5 Å². The number of thiophene rings is 1. The minimum absolute atomic E-state index is 0.155. The number of esters is 1. The Kier molecular flexibility index (Phi) is 4.63. The van der Waals surface area contributed by atoms with Crippen molar-refractivity contribution < 1.29 is 14.3 Å². The van der Waals surface area contributed by atoms with E-state index >= 15 is 0 Å². The number of nitrogens with zero attached hydrogens (tertiary/aromatic N) is 1. The summed E-state index contributed by atoms with van der Waals surface area (Å²) in [5.41, 5.74) is 5.72. The first-order valence-electron chi connectivity index (χ1n) is 4.80. The van der Waals surface area contributed by atoms with E-state index in [4.69, 9.17) is 11.0 Å². The van der Waals surface area contributed by atoms with Crippen molar-refractivity contribution in [1.29, 1.82) is 5.26 Å². The number of ether oxygens (including phenoxy) is 1. The van der Waals surface area contributed by atoms with Crippen molar-refractivity contribution in [2.24, 2.45) is 5.73 Å². The lowest BCUT2D eigenvalue weighted by Crippen LogP contribution is -2.43. The monoisotopic (exact) mass is 253 g/mol. The lowest BCUT2D eigenvalue weighted by Gasteiger charge is -2.10. The van der Waals surface area contributed by atoms with E-state index < -0.39 is 17.9 Å². The highest BCUT2D eigenvalue weighted by Gasteiger charge is 2.24. The Balaban J connectivity index is 2.67. The van der Waals surface area contributed by atoms with Crippen LogP contribution in [0.15, 0.2) is 11.4 Å². The van der Waals surface area contributed by atoms with Crippen molar-refractivity contribution in [2.75, 3.05) is 11.9 Å². The van der Waals surface area contributed by atoms with Crippen molar-refractivity contribution in [3.8, 4) is 6.07 Å². The number of hydrogen-bond donors (Lipinski definition) is 2. The van der Waals surface area contributed by atoms with Gasteiger partial charge in [0.1, 0.15) is 11.1 Å². The predicted octanol–water partition coefficient (Wildman–Crippen LogP) is 0.449. The third-order valence-electron chi connectivity index (χ3n) is 1.85. The van der Waals surface area contributed by atoms with E-state index in [9.17, 15) is 9.59 Å². The number of nitriles is 1. The fraction of sp³-hybridized carbons (Fsp3) is 0.300. The van der Waals surface area contributed by atoms with Gasteiger partial charge in [-0.15, -0.1) is 11.3 Å². The van der Waals surface area contributed by atoms with Gasteiger partial charge in [0.05, 0.1) is 12.2 Å². The lowest BCUT2D eigenvalue weighted by atomic mass is 10.3. The normalized spacial score (nSPS) is 11.4. The molecule has 0 fully saturated rings. The highest BCUT2D eigenvalue weighted by atomic mass is 32.1. The summed E-state index contributed by atoms with van der Waals surface area (Å²) in [7, 11) is 0. The number of nitrogens with one attached hydrogen (secondary N) is 1. The summed E-state index contributed by atoms with van der Waals surface area (Å²) in [5, 5.41) is 13.2. The van der Waals surface area contributed by atoms with Gasteiger partial charge in [-0.3, -0.25) is 4.79 Å². The molecule has 0 aliphatic rings. The van der Waals surface area contributed by atoms with Crippen molar-refractivity contribution in [2.45, 2.75) is 13.0 Å². The lowest BCUT2D eigenvalue weighted by molar-refractivity contribution is -0.146. The molecule has 0 aromatic carbocycles. The third kappa shape index (κ3) is 3.27. The maximum atomic E-state index is 11.6. The van der Waals surface area contributed by atoms with Gasteiger partial charge >= 0.3 is 5.97 Å². The summed E-state index contributed by atoms with van der Waals surface area (Å²) in [4.78, 5) is 22.8. The van der Waals surface area contributed by atoms with Gasteiger partial charge < -0.3 is 15.8 Å². The zero-order chi connectivity index (χ0) is 12.8. The number of nitrogens with two attached hydrogens (primary N) is 1. The molecule has 1 amide bonds. The highest BCUT2D eigenvalue weighted by molar-refractivity contribution is 7.14. The van der Waals surface area contributed by atoms with Crippen LogP contribution < -0.4 is 11.1 Å². The number of hydrogen-bond acceptors (Lipinski definition) is 6. The summed E-state index contributed by atoms with van der Waals surface area (Å²) < 4.78 is 4.61. The van der Waals surface area contributed by atoms with E-state index in [0.717, 1.165) is 0 Å². The molecule has 0 bridgehead atoms. The summed E-state index contributed by atoms with van der Waals surface area (Å²) >= 11 is 1.18. The molecule has 1 aromatic heterocycles. The largest absolute Gasteiger partial charge is 0.464 e. The van der Waals surface area contributed by atoms with E-state index in [2.05, 4.69) is 10.1 Å². The van der Waals surface area contributed by atoms with Crippen LogP contribution in [0.2, 0.25) is 0 Å². The quantitative estimate of drug-likeness (QED) is 0.598. The van der Waals surface area contributed by atoms with Gasteiger partial charge in [0, 0.05) is 0 Å².